The Morgan fingerprint density at radius 3 is 2.24 bits per heavy atom. The lowest BCUT2D eigenvalue weighted by Crippen LogP contribution is -2.52. The Kier molecular flexibility index (Phi) is 7.07. The van der Waals surface area contributed by atoms with Crippen LogP contribution < -0.4 is 10.2 Å². The molecule has 2 atom stereocenters. The molecule has 2 aromatic rings. The molecule has 0 unspecified atom stereocenters. The number of benzene rings is 1. The summed E-state index contributed by atoms with van der Waals surface area (Å²) >= 11 is 0. The van der Waals surface area contributed by atoms with E-state index in [1.165, 1.54) is 11.1 Å². The first-order valence-electron chi connectivity index (χ1n) is 10.7. The number of hydrogen-bond donors (Lipinski definition) is 1. The van der Waals surface area contributed by atoms with Crippen LogP contribution in [0.2, 0.25) is 0 Å². The number of piperazine rings is 1. The van der Waals surface area contributed by atoms with Crippen LogP contribution in [0, 0.1) is 5.92 Å². The van der Waals surface area contributed by atoms with Crippen molar-refractivity contribution < 1.29 is 4.79 Å². The Bertz CT molecular complexity index is 770. The third-order valence-corrected chi connectivity index (χ3v) is 5.86. The molecule has 2 amide bonds. The zero-order valence-electron chi connectivity index (χ0n) is 18.0. The van der Waals surface area contributed by atoms with E-state index in [1.807, 2.05) is 4.90 Å². The number of amides is 2. The number of rotatable bonds is 6. The third-order valence-electron chi connectivity index (χ3n) is 5.86. The average molecular weight is 396 g/mol. The van der Waals surface area contributed by atoms with E-state index in [2.05, 4.69) is 72.1 Å². The van der Waals surface area contributed by atoms with E-state index < -0.39 is 0 Å². The highest BCUT2D eigenvalue weighted by atomic mass is 16.2. The van der Waals surface area contributed by atoms with Crippen LogP contribution in [0.3, 0.4) is 0 Å². The first-order valence-corrected chi connectivity index (χ1v) is 10.7. The Labute approximate surface area is 174 Å². The summed E-state index contributed by atoms with van der Waals surface area (Å²) in [5, 5.41) is 3.26. The van der Waals surface area contributed by atoms with E-state index in [4.69, 9.17) is 0 Å². The van der Waals surface area contributed by atoms with Gasteiger partial charge < -0.3 is 15.1 Å². The zero-order valence-corrected chi connectivity index (χ0v) is 18.0. The van der Waals surface area contributed by atoms with E-state index in [0.717, 1.165) is 25.3 Å². The second-order valence-electron chi connectivity index (χ2n) is 8.18. The van der Waals surface area contributed by atoms with Gasteiger partial charge >= 0.3 is 6.03 Å². The van der Waals surface area contributed by atoms with Gasteiger partial charge in [-0.25, -0.2) is 9.78 Å². The van der Waals surface area contributed by atoms with Crippen LogP contribution in [-0.4, -0.2) is 47.1 Å². The van der Waals surface area contributed by atoms with Crippen molar-refractivity contribution in [2.24, 2.45) is 5.92 Å². The van der Waals surface area contributed by atoms with Gasteiger partial charge in [0.1, 0.15) is 5.82 Å². The molecule has 0 radical (unpaired) electrons. The maximum Gasteiger partial charge on any atom is 0.318 e. The molecular formula is C23H33N5O. The lowest BCUT2D eigenvalue weighted by Gasteiger charge is -2.36. The molecule has 1 saturated heterocycles. The summed E-state index contributed by atoms with van der Waals surface area (Å²) in [6.45, 7) is 11.7. The van der Waals surface area contributed by atoms with Gasteiger partial charge in [0.25, 0.3) is 0 Å². The lowest BCUT2D eigenvalue weighted by molar-refractivity contribution is 0.186. The summed E-state index contributed by atoms with van der Waals surface area (Å²) in [5.41, 5.74) is 2.52. The molecule has 0 aliphatic carbocycles. The quantitative estimate of drug-likeness (QED) is 0.795. The molecule has 1 aliphatic rings. The van der Waals surface area contributed by atoms with Gasteiger partial charge in [-0.15, -0.1) is 0 Å². The van der Waals surface area contributed by atoms with Crippen LogP contribution >= 0.6 is 0 Å². The summed E-state index contributed by atoms with van der Waals surface area (Å²) < 4.78 is 0. The monoisotopic (exact) mass is 395 g/mol. The number of nitrogens with zero attached hydrogens (tertiary/aromatic N) is 4. The number of hydrogen-bond acceptors (Lipinski definition) is 4. The Balaban J connectivity index is 1.60. The number of aromatic nitrogens is 2. The summed E-state index contributed by atoms with van der Waals surface area (Å²) in [4.78, 5) is 25.5. The number of nitrogens with one attached hydrogen (secondary N) is 1. The molecule has 1 fully saturated rings. The minimum Gasteiger partial charge on any atom is -0.352 e. The van der Waals surface area contributed by atoms with Crippen LogP contribution in [-0.2, 0) is 0 Å². The standard InChI is InChI=1S/C23H33N5O/c1-5-18(4)19-6-8-20(9-7-19)22(17(2)3)26-23(29)28-14-12-27(13-15-28)21-16-24-10-11-25-21/h6-11,16-18,22H,5,12-15H2,1-4H3,(H,26,29)/t18-,22+/m1/s1. The van der Waals surface area contributed by atoms with E-state index in [1.54, 1.807) is 18.6 Å². The molecule has 29 heavy (non-hydrogen) atoms. The van der Waals surface area contributed by atoms with Crippen molar-refractivity contribution in [3.05, 3.63) is 54.0 Å². The van der Waals surface area contributed by atoms with Gasteiger partial charge in [0.15, 0.2) is 0 Å². The van der Waals surface area contributed by atoms with E-state index in [-0.39, 0.29) is 12.1 Å². The zero-order chi connectivity index (χ0) is 20.8. The molecule has 1 N–H and O–H groups in total. The Morgan fingerprint density at radius 1 is 1.03 bits per heavy atom. The highest BCUT2D eigenvalue weighted by molar-refractivity contribution is 5.75. The van der Waals surface area contributed by atoms with Crippen molar-refractivity contribution in [3.63, 3.8) is 0 Å². The summed E-state index contributed by atoms with van der Waals surface area (Å²) in [7, 11) is 0. The highest BCUT2D eigenvalue weighted by Crippen LogP contribution is 2.25. The van der Waals surface area contributed by atoms with E-state index in [9.17, 15) is 4.79 Å². The van der Waals surface area contributed by atoms with Gasteiger partial charge in [-0.3, -0.25) is 4.98 Å². The number of carbonyl (C=O) groups excluding carboxylic acids is 1. The minimum absolute atomic E-state index is 0.00602. The van der Waals surface area contributed by atoms with Crippen molar-refractivity contribution in [2.75, 3.05) is 31.1 Å². The predicted octanol–water partition coefficient (Wildman–Crippen LogP) is 4.22. The average Bonchev–Trinajstić information content (AvgIpc) is 2.77. The second-order valence-corrected chi connectivity index (χ2v) is 8.18. The van der Waals surface area contributed by atoms with Gasteiger partial charge in [-0.1, -0.05) is 52.0 Å². The molecule has 0 saturated carbocycles. The first kappa shape index (κ1) is 21.1. The van der Waals surface area contributed by atoms with Crippen LogP contribution in [0.1, 0.15) is 57.2 Å². The topological polar surface area (TPSA) is 61.4 Å². The molecule has 0 spiro atoms. The molecule has 1 aromatic heterocycles. The molecular weight excluding hydrogens is 362 g/mol. The molecule has 1 aromatic carbocycles. The fourth-order valence-corrected chi connectivity index (χ4v) is 3.72. The predicted molar refractivity (Wildman–Crippen MR) is 117 cm³/mol. The second kappa shape index (κ2) is 9.72. The fraction of sp³-hybridized carbons (Fsp3) is 0.522. The van der Waals surface area contributed by atoms with Gasteiger partial charge in [-0.05, 0) is 29.4 Å². The van der Waals surface area contributed by atoms with Crippen LogP contribution in [0.4, 0.5) is 10.6 Å². The highest BCUT2D eigenvalue weighted by Gasteiger charge is 2.25. The summed E-state index contributed by atoms with van der Waals surface area (Å²) in [5.74, 6) is 1.74. The molecule has 1 aliphatic heterocycles. The van der Waals surface area contributed by atoms with Gasteiger partial charge in [-0.2, -0.15) is 0 Å². The Morgan fingerprint density at radius 2 is 1.69 bits per heavy atom. The first-order chi connectivity index (χ1) is 14.0. The molecule has 156 valence electrons. The van der Waals surface area contributed by atoms with Crippen LogP contribution in [0.5, 0.6) is 0 Å². The van der Waals surface area contributed by atoms with Crippen LogP contribution in [0.15, 0.2) is 42.9 Å². The SMILES string of the molecule is CC[C@@H](C)c1ccc([C@@H](NC(=O)N2CCN(c3cnccn3)CC2)C(C)C)cc1. The van der Waals surface area contributed by atoms with Crippen molar-refractivity contribution in [3.8, 4) is 0 Å². The molecule has 0 bridgehead atoms. The molecule has 2 heterocycles. The van der Waals surface area contributed by atoms with Gasteiger partial charge in [0.2, 0.25) is 0 Å². The summed E-state index contributed by atoms with van der Waals surface area (Å²) in [6, 6.07) is 8.74. The maximum atomic E-state index is 12.9. The van der Waals surface area contributed by atoms with Crippen molar-refractivity contribution in [2.45, 2.75) is 46.1 Å². The van der Waals surface area contributed by atoms with Crippen molar-refractivity contribution >= 4 is 11.8 Å². The number of carbonyl (C=O) groups is 1. The number of urea groups is 1. The molecule has 6 nitrogen and oxygen atoms in total. The normalized spacial score (nSPS) is 16.6. The van der Waals surface area contributed by atoms with Gasteiger partial charge in [0, 0.05) is 38.6 Å². The van der Waals surface area contributed by atoms with E-state index >= 15 is 0 Å². The maximum absolute atomic E-state index is 12.9. The smallest absolute Gasteiger partial charge is 0.318 e. The van der Waals surface area contributed by atoms with Gasteiger partial charge in [0.05, 0.1) is 12.2 Å². The lowest BCUT2D eigenvalue weighted by atomic mass is 9.92. The minimum atomic E-state index is 0.00602. The third kappa shape index (κ3) is 5.25. The van der Waals surface area contributed by atoms with Crippen LogP contribution in [0.25, 0.3) is 0 Å². The molecule has 3 rings (SSSR count). The number of anilines is 1. The fourth-order valence-electron chi connectivity index (χ4n) is 3.72. The summed E-state index contributed by atoms with van der Waals surface area (Å²) in [6.07, 6.45) is 6.28. The largest absolute Gasteiger partial charge is 0.352 e. The Hall–Kier alpha value is -2.63. The van der Waals surface area contributed by atoms with Crippen molar-refractivity contribution in [1.29, 1.82) is 0 Å². The van der Waals surface area contributed by atoms with E-state index in [0.29, 0.717) is 24.9 Å². The van der Waals surface area contributed by atoms with Crippen molar-refractivity contribution in [1.82, 2.24) is 20.2 Å². The molecule has 6 heteroatoms.